The molecular formula is C20H27N3O2S. The van der Waals surface area contributed by atoms with E-state index in [0.29, 0.717) is 25.6 Å². The summed E-state index contributed by atoms with van der Waals surface area (Å²) in [5.41, 5.74) is 1.11. The quantitative estimate of drug-likeness (QED) is 0.829. The molecule has 0 spiro atoms. The zero-order chi connectivity index (χ0) is 18.1. The number of para-hydroxylation sites is 1. The average molecular weight is 374 g/mol. The number of likely N-dealkylation sites (tertiary alicyclic amines) is 1. The Labute approximate surface area is 159 Å². The van der Waals surface area contributed by atoms with Crippen molar-refractivity contribution in [2.45, 2.75) is 44.8 Å². The van der Waals surface area contributed by atoms with Crippen molar-refractivity contribution in [1.29, 1.82) is 0 Å². The number of nitrogens with zero attached hydrogens (tertiary/aromatic N) is 3. The van der Waals surface area contributed by atoms with Gasteiger partial charge in [-0.25, -0.2) is 4.98 Å². The van der Waals surface area contributed by atoms with E-state index in [2.05, 4.69) is 23.1 Å². The van der Waals surface area contributed by atoms with E-state index in [-0.39, 0.29) is 18.1 Å². The summed E-state index contributed by atoms with van der Waals surface area (Å²) < 4.78 is 7.00. The number of aromatic nitrogens is 1. The molecule has 2 fully saturated rings. The third-order valence-corrected chi connectivity index (χ3v) is 6.58. The van der Waals surface area contributed by atoms with E-state index < -0.39 is 0 Å². The van der Waals surface area contributed by atoms with Crippen LogP contribution in [0, 0.1) is 0 Å². The van der Waals surface area contributed by atoms with Gasteiger partial charge in [0.1, 0.15) is 0 Å². The molecule has 2 saturated heterocycles. The lowest BCUT2D eigenvalue weighted by Crippen LogP contribution is -2.51. The minimum absolute atomic E-state index is 0.132. The van der Waals surface area contributed by atoms with E-state index in [4.69, 9.17) is 9.72 Å². The van der Waals surface area contributed by atoms with Gasteiger partial charge in [0, 0.05) is 19.0 Å². The number of fused-ring (bicyclic) bond motifs is 1. The molecule has 4 rings (SSSR count). The zero-order valence-corrected chi connectivity index (χ0v) is 16.4. The van der Waals surface area contributed by atoms with Crippen molar-refractivity contribution in [2.75, 3.05) is 32.7 Å². The van der Waals surface area contributed by atoms with Crippen molar-refractivity contribution < 1.29 is 9.53 Å². The van der Waals surface area contributed by atoms with Gasteiger partial charge >= 0.3 is 0 Å². The zero-order valence-electron chi connectivity index (χ0n) is 15.6. The lowest BCUT2D eigenvalue weighted by Gasteiger charge is -2.37. The van der Waals surface area contributed by atoms with Crippen molar-refractivity contribution in [2.24, 2.45) is 0 Å². The number of morpholine rings is 1. The first-order valence-corrected chi connectivity index (χ1v) is 10.4. The Hall–Kier alpha value is -1.50. The number of ether oxygens (including phenoxy) is 1. The summed E-state index contributed by atoms with van der Waals surface area (Å²) in [6, 6.07) is 8.36. The van der Waals surface area contributed by atoms with Crippen LogP contribution < -0.4 is 0 Å². The number of amides is 1. The summed E-state index contributed by atoms with van der Waals surface area (Å²) >= 11 is 1.82. The molecule has 2 aromatic rings. The summed E-state index contributed by atoms with van der Waals surface area (Å²) in [6.45, 7) is 7.99. The van der Waals surface area contributed by atoms with Crippen molar-refractivity contribution in [3.8, 4) is 0 Å². The first-order valence-electron chi connectivity index (χ1n) is 9.59. The van der Waals surface area contributed by atoms with Crippen LogP contribution in [-0.4, -0.2) is 65.6 Å². The van der Waals surface area contributed by atoms with Crippen LogP contribution in [0.2, 0.25) is 0 Å². The maximum atomic E-state index is 12.6. The molecular weight excluding hydrogens is 346 g/mol. The number of piperidine rings is 1. The number of carbonyl (C=O) groups is 1. The van der Waals surface area contributed by atoms with Gasteiger partial charge in [0.25, 0.3) is 0 Å². The Bertz CT molecular complexity index is 726. The second-order valence-electron chi connectivity index (χ2n) is 7.63. The van der Waals surface area contributed by atoms with E-state index >= 15 is 0 Å². The summed E-state index contributed by atoms with van der Waals surface area (Å²) in [6.07, 6.45) is 2.44. The Morgan fingerprint density at radius 2 is 1.88 bits per heavy atom. The number of benzene rings is 1. The molecule has 0 bridgehead atoms. The van der Waals surface area contributed by atoms with Crippen LogP contribution in [-0.2, 0) is 9.53 Å². The lowest BCUT2D eigenvalue weighted by atomic mass is 9.97. The molecule has 2 atom stereocenters. The summed E-state index contributed by atoms with van der Waals surface area (Å²) in [5.74, 6) is 0.771. The van der Waals surface area contributed by atoms with E-state index in [9.17, 15) is 4.79 Å². The Morgan fingerprint density at radius 3 is 2.58 bits per heavy atom. The predicted octanol–water partition coefficient (Wildman–Crippen LogP) is 3.11. The van der Waals surface area contributed by atoms with Crippen LogP contribution in [0.5, 0.6) is 0 Å². The molecule has 26 heavy (non-hydrogen) atoms. The van der Waals surface area contributed by atoms with Crippen LogP contribution in [0.15, 0.2) is 24.3 Å². The topological polar surface area (TPSA) is 45.7 Å². The third-order valence-electron chi connectivity index (χ3n) is 5.38. The fraction of sp³-hybridized carbons (Fsp3) is 0.600. The smallest absolute Gasteiger partial charge is 0.236 e. The first-order chi connectivity index (χ1) is 12.6. The van der Waals surface area contributed by atoms with E-state index in [1.807, 2.05) is 36.2 Å². The molecule has 0 saturated carbocycles. The van der Waals surface area contributed by atoms with Gasteiger partial charge in [-0.15, -0.1) is 11.3 Å². The van der Waals surface area contributed by atoms with Gasteiger partial charge in [0.15, 0.2) is 0 Å². The summed E-state index contributed by atoms with van der Waals surface area (Å²) in [5, 5.41) is 1.26. The molecule has 5 nitrogen and oxygen atoms in total. The second-order valence-corrected chi connectivity index (χ2v) is 8.69. The molecule has 0 aliphatic carbocycles. The van der Waals surface area contributed by atoms with Gasteiger partial charge in [0.05, 0.1) is 34.0 Å². The molecule has 0 radical (unpaired) electrons. The number of carbonyl (C=O) groups excluding carboxylic acids is 1. The van der Waals surface area contributed by atoms with Crippen molar-refractivity contribution in [3.05, 3.63) is 29.3 Å². The normalized spacial score (nSPS) is 25.7. The van der Waals surface area contributed by atoms with Crippen LogP contribution in [0.25, 0.3) is 10.2 Å². The van der Waals surface area contributed by atoms with E-state index in [1.165, 1.54) is 9.71 Å². The minimum atomic E-state index is 0.132. The van der Waals surface area contributed by atoms with Gasteiger partial charge in [-0.3, -0.25) is 9.69 Å². The van der Waals surface area contributed by atoms with E-state index in [0.717, 1.165) is 31.4 Å². The highest BCUT2D eigenvalue weighted by Crippen LogP contribution is 2.33. The highest BCUT2D eigenvalue weighted by molar-refractivity contribution is 7.18. The maximum absolute atomic E-state index is 12.6. The van der Waals surface area contributed by atoms with Crippen molar-refractivity contribution >= 4 is 27.5 Å². The molecule has 0 unspecified atom stereocenters. The van der Waals surface area contributed by atoms with Crippen LogP contribution in [0.1, 0.15) is 37.6 Å². The van der Waals surface area contributed by atoms with Gasteiger partial charge < -0.3 is 9.64 Å². The number of hydrogen-bond donors (Lipinski definition) is 0. The van der Waals surface area contributed by atoms with Gasteiger partial charge in [-0.2, -0.15) is 0 Å². The number of hydrogen-bond acceptors (Lipinski definition) is 5. The third kappa shape index (κ3) is 3.92. The number of thiazole rings is 1. The Morgan fingerprint density at radius 1 is 1.19 bits per heavy atom. The summed E-state index contributed by atoms with van der Waals surface area (Å²) in [4.78, 5) is 21.7. The lowest BCUT2D eigenvalue weighted by molar-refractivity contribution is -0.144. The molecule has 1 aromatic carbocycles. The molecule has 1 aromatic heterocycles. The Kier molecular flexibility index (Phi) is 5.25. The average Bonchev–Trinajstić information content (AvgIpc) is 3.05. The monoisotopic (exact) mass is 373 g/mol. The molecule has 1 amide bonds. The largest absolute Gasteiger partial charge is 0.372 e. The molecule has 3 heterocycles. The highest BCUT2D eigenvalue weighted by Gasteiger charge is 2.29. The van der Waals surface area contributed by atoms with E-state index in [1.54, 1.807) is 0 Å². The standard InChI is InChI=1S/C20H27N3O2S/c1-14-11-23(12-15(2)25-14)19(24)13-22-9-7-16(8-10-22)20-21-17-5-3-4-6-18(17)26-20/h3-6,14-16H,7-13H2,1-2H3/t14-,15-/m1/s1. The van der Waals surface area contributed by atoms with Crippen molar-refractivity contribution in [1.82, 2.24) is 14.8 Å². The molecule has 140 valence electrons. The predicted molar refractivity (Wildman–Crippen MR) is 105 cm³/mol. The van der Waals surface area contributed by atoms with Crippen molar-refractivity contribution in [3.63, 3.8) is 0 Å². The molecule has 2 aliphatic heterocycles. The second kappa shape index (κ2) is 7.62. The fourth-order valence-electron chi connectivity index (χ4n) is 4.08. The van der Waals surface area contributed by atoms with Crippen LogP contribution in [0.4, 0.5) is 0 Å². The fourth-order valence-corrected chi connectivity index (χ4v) is 5.21. The molecule has 2 aliphatic rings. The molecule has 6 heteroatoms. The van der Waals surface area contributed by atoms with Gasteiger partial charge in [-0.05, 0) is 51.9 Å². The SMILES string of the molecule is C[C@@H]1CN(C(=O)CN2CCC(c3nc4ccccc4s3)CC2)C[C@@H](C)O1. The van der Waals surface area contributed by atoms with Gasteiger partial charge in [0.2, 0.25) is 5.91 Å². The Balaban J connectivity index is 1.31. The summed E-state index contributed by atoms with van der Waals surface area (Å²) in [7, 11) is 0. The minimum Gasteiger partial charge on any atom is -0.372 e. The maximum Gasteiger partial charge on any atom is 0.236 e. The highest BCUT2D eigenvalue weighted by atomic mass is 32.1. The molecule has 0 N–H and O–H groups in total. The van der Waals surface area contributed by atoms with Crippen LogP contribution in [0.3, 0.4) is 0 Å². The first kappa shape index (κ1) is 17.9. The van der Waals surface area contributed by atoms with Crippen LogP contribution >= 0.6 is 11.3 Å². The number of rotatable bonds is 3. The van der Waals surface area contributed by atoms with Gasteiger partial charge in [-0.1, -0.05) is 12.1 Å².